The van der Waals surface area contributed by atoms with E-state index < -0.39 is 0 Å². The van der Waals surface area contributed by atoms with Gasteiger partial charge in [-0.05, 0) is 18.6 Å². The predicted molar refractivity (Wildman–Crippen MR) is 74.7 cm³/mol. The van der Waals surface area contributed by atoms with E-state index in [1.54, 1.807) is 12.3 Å². The van der Waals surface area contributed by atoms with Crippen molar-refractivity contribution in [3.63, 3.8) is 0 Å². The van der Waals surface area contributed by atoms with Crippen LogP contribution in [0.25, 0.3) is 22.2 Å². The number of aromatic amines is 1. The largest absolute Gasteiger partial charge is 0.368 e. The maximum atomic E-state index is 12.0. The summed E-state index contributed by atoms with van der Waals surface area (Å²) in [6.07, 6.45) is 1.55. The first-order chi connectivity index (χ1) is 9.16. The first kappa shape index (κ1) is 11.4. The number of rotatable bonds is 1. The molecule has 2 heterocycles. The molecule has 3 rings (SSSR count). The molecule has 3 aromatic rings. The molecule has 0 atom stereocenters. The molecular weight excluding hydrogens is 240 g/mol. The molecule has 0 amide bonds. The minimum atomic E-state index is -0.212. The summed E-state index contributed by atoms with van der Waals surface area (Å²) in [7, 11) is 0. The van der Waals surface area contributed by atoms with Gasteiger partial charge in [-0.25, -0.2) is 9.97 Å². The lowest BCUT2D eigenvalue weighted by Gasteiger charge is -2.08. The number of fused-ring (bicyclic) bond motifs is 1. The molecule has 19 heavy (non-hydrogen) atoms. The number of aryl methyl sites for hydroxylation is 1. The maximum Gasteiger partial charge on any atom is 0.259 e. The van der Waals surface area contributed by atoms with Gasteiger partial charge in [0.05, 0.1) is 16.6 Å². The maximum absolute atomic E-state index is 12.0. The van der Waals surface area contributed by atoms with Crippen LogP contribution in [0.15, 0.2) is 41.3 Å². The van der Waals surface area contributed by atoms with Crippen molar-refractivity contribution in [2.75, 3.05) is 5.73 Å². The van der Waals surface area contributed by atoms with E-state index in [2.05, 4.69) is 15.0 Å². The van der Waals surface area contributed by atoms with Crippen LogP contribution in [0.5, 0.6) is 0 Å². The average molecular weight is 252 g/mol. The zero-order valence-electron chi connectivity index (χ0n) is 10.3. The minimum absolute atomic E-state index is 0.163. The van der Waals surface area contributed by atoms with Crippen molar-refractivity contribution >= 4 is 16.9 Å². The second kappa shape index (κ2) is 4.20. The van der Waals surface area contributed by atoms with Crippen LogP contribution in [0.4, 0.5) is 5.95 Å². The van der Waals surface area contributed by atoms with E-state index in [0.717, 1.165) is 11.1 Å². The molecule has 2 aromatic heterocycles. The summed E-state index contributed by atoms with van der Waals surface area (Å²) in [5, 5.41) is 0.464. The second-order valence-corrected chi connectivity index (χ2v) is 4.31. The van der Waals surface area contributed by atoms with Gasteiger partial charge in [0, 0.05) is 11.8 Å². The van der Waals surface area contributed by atoms with E-state index in [4.69, 9.17) is 5.73 Å². The number of aromatic nitrogens is 3. The number of H-pyrrole nitrogens is 1. The van der Waals surface area contributed by atoms with Gasteiger partial charge in [-0.1, -0.05) is 24.3 Å². The fourth-order valence-electron chi connectivity index (χ4n) is 2.14. The monoisotopic (exact) mass is 252 g/mol. The summed E-state index contributed by atoms with van der Waals surface area (Å²) in [5.41, 5.74) is 8.56. The van der Waals surface area contributed by atoms with E-state index in [1.165, 1.54) is 0 Å². The third-order valence-electron chi connectivity index (χ3n) is 3.04. The number of nitrogens with one attached hydrogen (secondary N) is 1. The highest BCUT2D eigenvalue weighted by atomic mass is 16.1. The molecule has 0 radical (unpaired) electrons. The highest BCUT2D eigenvalue weighted by molar-refractivity contribution is 5.92. The molecule has 0 bridgehead atoms. The van der Waals surface area contributed by atoms with Gasteiger partial charge in [0.1, 0.15) is 0 Å². The highest BCUT2D eigenvalue weighted by Gasteiger charge is 2.12. The van der Waals surface area contributed by atoms with Crippen LogP contribution in [-0.4, -0.2) is 15.0 Å². The average Bonchev–Trinajstić information content (AvgIpc) is 2.38. The van der Waals surface area contributed by atoms with Gasteiger partial charge >= 0.3 is 0 Å². The molecule has 5 nitrogen and oxygen atoms in total. The van der Waals surface area contributed by atoms with E-state index >= 15 is 0 Å². The Bertz CT molecular complexity index is 823. The molecule has 94 valence electrons. The summed E-state index contributed by atoms with van der Waals surface area (Å²) in [4.78, 5) is 23.0. The second-order valence-electron chi connectivity index (χ2n) is 4.31. The van der Waals surface area contributed by atoms with Crippen molar-refractivity contribution in [3.8, 4) is 11.3 Å². The molecule has 0 saturated carbocycles. The summed E-state index contributed by atoms with van der Waals surface area (Å²) >= 11 is 0. The Morgan fingerprint density at radius 3 is 2.74 bits per heavy atom. The zero-order chi connectivity index (χ0) is 13.4. The molecular formula is C14H12N4O. The van der Waals surface area contributed by atoms with Crippen LogP contribution >= 0.6 is 0 Å². The van der Waals surface area contributed by atoms with Crippen LogP contribution in [0.2, 0.25) is 0 Å². The molecule has 0 spiro atoms. The number of nitrogen functional groups attached to an aromatic ring is 1. The summed E-state index contributed by atoms with van der Waals surface area (Å²) in [5.74, 6) is 0.163. The fraction of sp³-hybridized carbons (Fsp3) is 0.0714. The van der Waals surface area contributed by atoms with Crippen LogP contribution < -0.4 is 11.3 Å². The van der Waals surface area contributed by atoms with Crippen LogP contribution in [0, 0.1) is 6.92 Å². The summed E-state index contributed by atoms with van der Waals surface area (Å²) < 4.78 is 0. The molecule has 1 aromatic carbocycles. The van der Waals surface area contributed by atoms with Crippen molar-refractivity contribution in [2.45, 2.75) is 6.92 Å². The third-order valence-corrected chi connectivity index (χ3v) is 3.04. The van der Waals surface area contributed by atoms with Crippen molar-refractivity contribution < 1.29 is 0 Å². The number of benzene rings is 1. The number of nitrogens with zero attached hydrogens (tertiary/aromatic N) is 2. The van der Waals surface area contributed by atoms with Gasteiger partial charge in [0.25, 0.3) is 5.56 Å². The quantitative estimate of drug-likeness (QED) is 0.692. The fourth-order valence-corrected chi connectivity index (χ4v) is 2.14. The Morgan fingerprint density at radius 1 is 1.16 bits per heavy atom. The zero-order valence-corrected chi connectivity index (χ0v) is 10.3. The first-order valence-corrected chi connectivity index (χ1v) is 5.88. The van der Waals surface area contributed by atoms with Gasteiger partial charge in [0.2, 0.25) is 5.95 Å². The Balaban J connectivity index is 2.48. The van der Waals surface area contributed by atoms with Crippen molar-refractivity contribution in [1.29, 1.82) is 0 Å². The summed E-state index contributed by atoms with van der Waals surface area (Å²) in [6.45, 7) is 1.97. The minimum Gasteiger partial charge on any atom is -0.368 e. The first-order valence-electron chi connectivity index (χ1n) is 5.88. The molecule has 0 aliphatic heterocycles. The number of pyridine rings is 1. The molecule has 5 heteroatoms. The molecule has 0 saturated heterocycles. The van der Waals surface area contributed by atoms with Gasteiger partial charge in [-0.3, -0.25) is 4.79 Å². The Morgan fingerprint density at radius 2 is 1.95 bits per heavy atom. The van der Waals surface area contributed by atoms with Gasteiger partial charge < -0.3 is 10.7 Å². The van der Waals surface area contributed by atoms with Crippen LogP contribution in [0.1, 0.15) is 5.56 Å². The van der Waals surface area contributed by atoms with E-state index in [1.807, 2.05) is 31.2 Å². The normalized spacial score (nSPS) is 10.8. The number of hydrogen-bond acceptors (Lipinski definition) is 4. The Labute approximate surface area is 109 Å². The third kappa shape index (κ3) is 1.85. The molecule has 0 aliphatic carbocycles. The molecule has 3 N–H and O–H groups in total. The lowest BCUT2D eigenvalue weighted by atomic mass is 10.0. The summed E-state index contributed by atoms with van der Waals surface area (Å²) in [6, 6.07) is 9.45. The highest BCUT2D eigenvalue weighted by Crippen LogP contribution is 2.26. The van der Waals surface area contributed by atoms with Crippen molar-refractivity contribution in [3.05, 3.63) is 52.4 Å². The van der Waals surface area contributed by atoms with Gasteiger partial charge in [-0.15, -0.1) is 0 Å². The molecule has 0 aliphatic rings. The lowest BCUT2D eigenvalue weighted by molar-refractivity contribution is 1.20. The number of anilines is 1. The Kier molecular flexibility index (Phi) is 2.52. The molecule has 0 unspecified atom stereocenters. The van der Waals surface area contributed by atoms with Gasteiger partial charge in [-0.2, -0.15) is 0 Å². The van der Waals surface area contributed by atoms with Crippen molar-refractivity contribution in [1.82, 2.24) is 15.0 Å². The van der Waals surface area contributed by atoms with Crippen LogP contribution in [-0.2, 0) is 0 Å². The number of nitrogens with two attached hydrogens (primary N) is 1. The Hall–Kier alpha value is -2.69. The SMILES string of the molecule is Cc1ccccc1-c1nc(N)nc2cc[nH]c(=O)c12. The standard InChI is InChI=1S/C14H12N4O/c1-8-4-2-3-5-9(8)12-11-10(17-14(15)18-12)6-7-16-13(11)19/h2-7H,1H3,(H,16,19)(H2,15,17,18). The topological polar surface area (TPSA) is 84.7 Å². The van der Waals surface area contributed by atoms with Crippen molar-refractivity contribution in [2.24, 2.45) is 0 Å². The molecule has 0 fully saturated rings. The number of hydrogen-bond donors (Lipinski definition) is 2. The smallest absolute Gasteiger partial charge is 0.259 e. The van der Waals surface area contributed by atoms with E-state index in [9.17, 15) is 4.79 Å². The van der Waals surface area contributed by atoms with E-state index in [-0.39, 0.29) is 11.5 Å². The van der Waals surface area contributed by atoms with Crippen LogP contribution in [0.3, 0.4) is 0 Å². The van der Waals surface area contributed by atoms with E-state index in [0.29, 0.717) is 16.6 Å². The lowest BCUT2D eigenvalue weighted by Crippen LogP contribution is -2.10. The van der Waals surface area contributed by atoms with Gasteiger partial charge in [0.15, 0.2) is 0 Å². The predicted octanol–water partition coefficient (Wildman–Crippen LogP) is 1.88.